The molecule has 0 bridgehead atoms. The van der Waals surface area contributed by atoms with Crippen molar-refractivity contribution in [3.05, 3.63) is 82.5 Å². The van der Waals surface area contributed by atoms with Crippen LogP contribution in [0.25, 0.3) is 28.4 Å². The van der Waals surface area contributed by atoms with Crippen molar-refractivity contribution in [3.8, 4) is 40.1 Å². The highest BCUT2D eigenvalue weighted by Gasteiger charge is 2.49. The average Bonchev–Trinajstić information content (AvgIpc) is 3.29. The van der Waals surface area contributed by atoms with E-state index in [2.05, 4.69) is 0 Å². The van der Waals surface area contributed by atoms with Gasteiger partial charge in [0.05, 0.1) is 19.8 Å². The maximum absolute atomic E-state index is 14.4. The van der Waals surface area contributed by atoms with Crippen LogP contribution in [0.3, 0.4) is 0 Å². The standard InChI is InChI=1S/C42H46O23/c43-13-23-28(49)32(53)34(55)40(61-23)58-19-8-4-17(5-9-19)37-39(31(52)27-21(47)11-20(12-22(27)60-37)59-41-35(56)33(54)29(50)24(14-44)62-41)65-42-36(57)38(30(51)25(15-45)63-42)64-26(48)10-3-16-1-6-18(46)7-2-16/h1-12,23-25,28-30,32-36,38,40-47,49-51,53-57H,13-15H2. The van der Waals surface area contributed by atoms with E-state index in [9.17, 15) is 76.0 Å². The van der Waals surface area contributed by atoms with Crippen LogP contribution in [0.15, 0.2) is 76.0 Å². The molecule has 7 rings (SSSR count). The number of carbonyl (C=O) groups excluding carboxylic acids is 1. The highest BCUT2D eigenvalue weighted by Crippen LogP contribution is 2.39. The summed E-state index contributed by atoms with van der Waals surface area (Å²) in [6, 6.07) is 12.9. The van der Waals surface area contributed by atoms with Crippen LogP contribution in [0.1, 0.15) is 5.56 Å². The van der Waals surface area contributed by atoms with Crippen molar-refractivity contribution in [2.45, 2.75) is 92.1 Å². The van der Waals surface area contributed by atoms with E-state index in [4.69, 9.17) is 37.6 Å². The second kappa shape index (κ2) is 19.9. The summed E-state index contributed by atoms with van der Waals surface area (Å²) in [5.41, 5.74) is -1.04. The third kappa shape index (κ3) is 9.89. The Morgan fingerprint density at radius 3 is 1.68 bits per heavy atom. The molecule has 3 fully saturated rings. The van der Waals surface area contributed by atoms with Crippen molar-refractivity contribution in [1.82, 2.24) is 0 Å². The van der Waals surface area contributed by atoms with Gasteiger partial charge in [-0.25, -0.2) is 4.79 Å². The van der Waals surface area contributed by atoms with E-state index in [1.165, 1.54) is 54.6 Å². The molecular weight excluding hydrogens is 872 g/mol. The van der Waals surface area contributed by atoms with Gasteiger partial charge in [-0.05, 0) is 48.0 Å². The normalized spacial score (nSPS) is 32.9. The van der Waals surface area contributed by atoms with Gasteiger partial charge >= 0.3 is 5.97 Å². The van der Waals surface area contributed by atoms with E-state index < -0.39 is 152 Å². The van der Waals surface area contributed by atoms with Crippen LogP contribution < -0.4 is 19.6 Å². The van der Waals surface area contributed by atoms with E-state index in [0.29, 0.717) is 5.56 Å². The number of carbonyl (C=O) groups is 1. The largest absolute Gasteiger partial charge is 0.508 e. The van der Waals surface area contributed by atoms with Crippen molar-refractivity contribution in [2.24, 2.45) is 0 Å². The van der Waals surface area contributed by atoms with Gasteiger partial charge in [-0.3, -0.25) is 4.79 Å². The van der Waals surface area contributed by atoms with Crippen LogP contribution >= 0.6 is 0 Å². The topological polar surface area (TPSA) is 375 Å². The summed E-state index contributed by atoms with van der Waals surface area (Å²) in [6.45, 7) is -2.41. The lowest BCUT2D eigenvalue weighted by molar-refractivity contribution is -0.280. The van der Waals surface area contributed by atoms with Gasteiger partial charge in [0.15, 0.2) is 18.0 Å². The van der Waals surface area contributed by atoms with E-state index in [1.807, 2.05) is 0 Å². The van der Waals surface area contributed by atoms with Gasteiger partial charge in [0.2, 0.25) is 30.0 Å². The fraction of sp³-hybridized carbons (Fsp3) is 0.429. The van der Waals surface area contributed by atoms with Crippen LogP contribution in [0.5, 0.6) is 28.7 Å². The predicted molar refractivity (Wildman–Crippen MR) is 214 cm³/mol. The quantitative estimate of drug-likeness (QED) is 0.0461. The van der Waals surface area contributed by atoms with Gasteiger partial charge in [-0.1, -0.05) is 12.1 Å². The summed E-state index contributed by atoms with van der Waals surface area (Å²) in [5, 5.41) is 134. The number of ether oxygens (including phenoxy) is 7. The summed E-state index contributed by atoms with van der Waals surface area (Å²) in [4.78, 5) is 27.3. The molecule has 0 saturated carbocycles. The molecule has 3 aromatic carbocycles. The first-order valence-electron chi connectivity index (χ1n) is 19.9. The molecule has 0 aliphatic carbocycles. The van der Waals surface area contributed by atoms with Crippen molar-refractivity contribution >= 4 is 23.0 Å². The Balaban J connectivity index is 1.24. The van der Waals surface area contributed by atoms with E-state index in [-0.39, 0.29) is 22.8 Å². The van der Waals surface area contributed by atoms with Crippen molar-refractivity contribution in [1.29, 1.82) is 0 Å². The number of benzene rings is 3. The number of aromatic hydroxyl groups is 2. The zero-order chi connectivity index (χ0) is 46.9. The van der Waals surface area contributed by atoms with Gasteiger partial charge in [0, 0.05) is 23.8 Å². The van der Waals surface area contributed by atoms with Crippen LogP contribution in [0.4, 0.5) is 0 Å². The zero-order valence-electron chi connectivity index (χ0n) is 33.6. The van der Waals surface area contributed by atoms with E-state index in [1.54, 1.807) is 0 Å². The van der Waals surface area contributed by atoms with Gasteiger partial charge in [0.25, 0.3) is 0 Å². The molecule has 23 nitrogen and oxygen atoms in total. The molecule has 3 saturated heterocycles. The summed E-state index contributed by atoms with van der Waals surface area (Å²) in [6.07, 6.45) is -23.6. The first-order valence-corrected chi connectivity index (χ1v) is 19.9. The molecule has 23 heteroatoms. The molecular formula is C42H46O23. The second-order valence-electron chi connectivity index (χ2n) is 15.2. The number of aliphatic hydroxyl groups excluding tert-OH is 11. The van der Waals surface area contributed by atoms with Crippen molar-refractivity contribution in [2.75, 3.05) is 19.8 Å². The van der Waals surface area contributed by atoms with Crippen LogP contribution in [-0.4, -0.2) is 184 Å². The molecule has 15 atom stereocenters. The third-order valence-corrected chi connectivity index (χ3v) is 10.8. The van der Waals surface area contributed by atoms with Crippen molar-refractivity contribution in [3.63, 3.8) is 0 Å². The van der Waals surface area contributed by atoms with Gasteiger partial charge < -0.3 is 104 Å². The summed E-state index contributed by atoms with van der Waals surface area (Å²) >= 11 is 0. The fourth-order valence-corrected chi connectivity index (χ4v) is 7.23. The Morgan fingerprint density at radius 2 is 1.12 bits per heavy atom. The van der Waals surface area contributed by atoms with Gasteiger partial charge in [-0.15, -0.1) is 0 Å². The number of rotatable bonds is 13. The monoisotopic (exact) mass is 918 g/mol. The Labute approximate surface area is 365 Å². The SMILES string of the molecule is O=C(C=Cc1ccc(O)cc1)OC1C(O)C(CO)OC(Oc2c(-c3ccc(OC4OC(CO)C(O)C(O)C4O)cc3)oc3cc(OC4OC(CO)C(O)C(O)C4O)cc(O)c3c2=O)C1O. The highest BCUT2D eigenvalue weighted by molar-refractivity contribution is 5.89. The molecule has 4 heterocycles. The highest BCUT2D eigenvalue weighted by atomic mass is 16.7. The number of hydrogen-bond donors (Lipinski definition) is 13. The fourth-order valence-electron chi connectivity index (χ4n) is 7.23. The molecule has 3 aliphatic heterocycles. The smallest absolute Gasteiger partial charge is 0.331 e. The molecule has 0 spiro atoms. The minimum Gasteiger partial charge on any atom is -0.508 e. The minimum absolute atomic E-state index is 0.00582. The van der Waals surface area contributed by atoms with Gasteiger partial charge in [0.1, 0.15) is 95.0 Å². The number of phenolic OH excluding ortho intramolecular Hbond substituents is 2. The van der Waals surface area contributed by atoms with Crippen molar-refractivity contribution < 1.29 is 109 Å². The Kier molecular flexibility index (Phi) is 14.6. The summed E-state index contributed by atoms with van der Waals surface area (Å²) in [7, 11) is 0. The van der Waals surface area contributed by atoms with Crippen LogP contribution in [0.2, 0.25) is 0 Å². The number of fused-ring (bicyclic) bond motifs is 1. The number of phenols is 2. The lowest BCUT2D eigenvalue weighted by atomic mass is 9.99. The predicted octanol–water partition coefficient (Wildman–Crippen LogP) is -3.33. The van der Waals surface area contributed by atoms with Crippen LogP contribution in [-0.2, 0) is 23.7 Å². The molecule has 1 aromatic heterocycles. The molecule has 13 N–H and O–H groups in total. The molecule has 65 heavy (non-hydrogen) atoms. The average molecular weight is 919 g/mol. The Bertz CT molecular complexity index is 2350. The maximum atomic E-state index is 14.4. The molecule has 0 radical (unpaired) electrons. The lowest BCUT2D eigenvalue weighted by Crippen LogP contribution is -2.61. The lowest BCUT2D eigenvalue weighted by Gasteiger charge is -2.41. The first kappa shape index (κ1) is 47.5. The minimum atomic E-state index is -2.07. The Morgan fingerprint density at radius 1 is 0.600 bits per heavy atom. The third-order valence-electron chi connectivity index (χ3n) is 10.8. The molecule has 3 aliphatic rings. The number of aliphatic hydroxyl groups is 11. The molecule has 15 unspecified atom stereocenters. The van der Waals surface area contributed by atoms with E-state index in [0.717, 1.165) is 18.2 Å². The summed E-state index contributed by atoms with van der Waals surface area (Å²) in [5.74, 6) is -3.45. The van der Waals surface area contributed by atoms with Gasteiger partial charge in [-0.2, -0.15) is 0 Å². The Hall–Kier alpha value is -5.48. The molecule has 0 amide bonds. The van der Waals surface area contributed by atoms with E-state index >= 15 is 0 Å². The molecule has 352 valence electrons. The number of hydrogen-bond acceptors (Lipinski definition) is 23. The summed E-state index contributed by atoms with van der Waals surface area (Å²) < 4.78 is 45.2. The molecule has 4 aromatic rings. The van der Waals surface area contributed by atoms with Crippen LogP contribution in [0, 0.1) is 0 Å². The zero-order valence-corrected chi connectivity index (χ0v) is 33.6. The number of esters is 1. The maximum Gasteiger partial charge on any atom is 0.331 e. The second-order valence-corrected chi connectivity index (χ2v) is 15.2. The first-order chi connectivity index (χ1) is 31.0.